The summed E-state index contributed by atoms with van der Waals surface area (Å²) < 4.78 is 15.0. The Morgan fingerprint density at radius 2 is 2.11 bits per heavy atom. The Morgan fingerprint density at radius 1 is 1.32 bits per heavy atom. The minimum atomic E-state index is -0.422. The molecule has 1 N–H and O–H groups in total. The van der Waals surface area contributed by atoms with Gasteiger partial charge in [-0.15, -0.1) is 0 Å². The molecule has 19 heavy (non-hydrogen) atoms. The average Bonchev–Trinajstić information content (AvgIpc) is 2.92. The molecule has 1 fully saturated rings. The highest BCUT2D eigenvalue weighted by atomic mass is 35.5. The summed E-state index contributed by atoms with van der Waals surface area (Å²) in [5.41, 5.74) is 0.748. The van der Waals surface area contributed by atoms with Gasteiger partial charge in [0.15, 0.2) is 0 Å². The number of piperidine rings is 1. The summed E-state index contributed by atoms with van der Waals surface area (Å²) in [6, 6.07) is 4.60. The van der Waals surface area contributed by atoms with E-state index in [0.717, 1.165) is 37.4 Å². The summed E-state index contributed by atoms with van der Waals surface area (Å²) in [6.45, 7) is 1.98. The van der Waals surface area contributed by atoms with E-state index in [1.165, 1.54) is 12.4 Å². The van der Waals surface area contributed by atoms with Crippen LogP contribution in [-0.2, 0) is 0 Å². The van der Waals surface area contributed by atoms with E-state index in [1.54, 1.807) is 16.8 Å². The van der Waals surface area contributed by atoms with Gasteiger partial charge in [0.05, 0.1) is 10.7 Å². The smallest absolute Gasteiger partial charge is 0.141 e. The van der Waals surface area contributed by atoms with Crippen molar-refractivity contribution in [3.05, 3.63) is 41.2 Å². The molecule has 0 aliphatic carbocycles. The van der Waals surface area contributed by atoms with Gasteiger partial charge in [-0.25, -0.2) is 14.1 Å². The van der Waals surface area contributed by atoms with Gasteiger partial charge in [-0.1, -0.05) is 11.6 Å². The number of halogens is 2. The monoisotopic (exact) mass is 280 g/mol. The van der Waals surface area contributed by atoms with E-state index in [0.29, 0.717) is 5.92 Å². The van der Waals surface area contributed by atoms with Gasteiger partial charge in [-0.3, -0.25) is 0 Å². The summed E-state index contributed by atoms with van der Waals surface area (Å²) in [6.07, 6.45) is 3.61. The van der Waals surface area contributed by atoms with Gasteiger partial charge in [0, 0.05) is 5.92 Å². The van der Waals surface area contributed by atoms with Crippen LogP contribution in [0.5, 0.6) is 0 Å². The van der Waals surface area contributed by atoms with Gasteiger partial charge < -0.3 is 5.32 Å². The van der Waals surface area contributed by atoms with E-state index in [9.17, 15) is 4.39 Å². The third-order valence-electron chi connectivity index (χ3n) is 3.43. The van der Waals surface area contributed by atoms with Gasteiger partial charge in [-0.05, 0) is 44.1 Å². The van der Waals surface area contributed by atoms with Gasteiger partial charge >= 0.3 is 0 Å². The number of hydrogen-bond donors (Lipinski definition) is 1. The van der Waals surface area contributed by atoms with Crippen LogP contribution < -0.4 is 5.32 Å². The van der Waals surface area contributed by atoms with Gasteiger partial charge in [0.25, 0.3) is 0 Å². The average molecular weight is 281 g/mol. The fraction of sp³-hybridized carbons (Fsp3) is 0.385. The molecule has 6 heteroatoms. The second kappa shape index (κ2) is 5.27. The number of nitrogens with one attached hydrogen (secondary N) is 1. The van der Waals surface area contributed by atoms with Gasteiger partial charge in [0.1, 0.15) is 18.0 Å². The number of benzene rings is 1. The quantitative estimate of drug-likeness (QED) is 0.919. The molecule has 1 aliphatic rings. The molecule has 0 amide bonds. The maximum Gasteiger partial charge on any atom is 0.141 e. The van der Waals surface area contributed by atoms with Crippen molar-refractivity contribution in [3.63, 3.8) is 0 Å². The number of hydrogen-bond acceptors (Lipinski definition) is 3. The molecule has 1 saturated heterocycles. The van der Waals surface area contributed by atoms with E-state index in [1.807, 2.05) is 0 Å². The van der Waals surface area contributed by atoms with Crippen molar-refractivity contribution in [2.24, 2.45) is 0 Å². The van der Waals surface area contributed by atoms with E-state index in [-0.39, 0.29) is 5.02 Å². The zero-order valence-electron chi connectivity index (χ0n) is 10.3. The Bertz CT molecular complexity index is 578. The van der Waals surface area contributed by atoms with Crippen molar-refractivity contribution in [3.8, 4) is 5.69 Å². The van der Waals surface area contributed by atoms with Crippen LogP contribution in [0.3, 0.4) is 0 Å². The van der Waals surface area contributed by atoms with Crippen LogP contribution in [0.1, 0.15) is 24.6 Å². The van der Waals surface area contributed by atoms with Crippen molar-refractivity contribution < 1.29 is 4.39 Å². The van der Waals surface area contributed by atoms with Crippen molar-refractivity contribution in [2.75, 3.05) is 13.1 Å². The Kier molecular flexibility index (Phi) is 3.48. The maximum absolute atomic E-state index is 13.2. The Hall–Kier alpha value is -1.46. The Morgan fingerprint density at radius 3 is 2.84 bits per heavy atom. The Labute approximate surface area is 115 Å². The summed E-state index contributed by atoms with van der Waals surface area (Å²) in [5.74, 6) is 0.880. The van der Waals surface area contributed by atoms with E-state index in [4.69, 9.17) is 11.6 Å². The standard InChI is InChI=1S/C13H14ClFN4/c14-11-7-10(1-2-12(11)15)19-13(17-8-18-19)9-3-5-16-6-4-9/h1-2,7-9,16H,3-6H2. The van der Waals surface area contributed by atoms with Crippen molar-refractivity contribution in [1.29, 1.82) is 0 Å². The molecule has 3 rings (SSSR count). The third kappa shape index (κ3) is 2.48. The third-order valence-corrected chi connectivity index (χ3v) is 3.72. The molecule has 0 bridgehead atoms. The molecule has 4 nitrogen and oxygen atoms in total. The molecular formula is C13H14ClFN4. The Balaban J connectivity index is 1.96. The van der Waals surface area contributed by atoms with Crippen LogP contribution >= 0.6 is 11.6 Å². The van der Waals surface area contributed by atoms with Crippen molar-refractivity contribution >= 4 is 11.6 Å². The molecular weight excluding hydrogens is 267 g/mol. The minimum absolute atomic E-state index is 0.101. The molecule has 0 atom stereocenters. The lowest BCUT2D eigenvalue weighted by Gasteiger charge is -2.22. The van der Waals surface area contributed by atoms with Gasteiger partial charge in [0.2, 0.25) is 0 Å². The molecule has 100 valence electrons. The van der Waals surface area contributed by atoms with E-state index in [2.05, 4.69) is 15.4 Å². The fourth-order valence-corrected chi connectivity index (χ4v) is 2.60. The lowest BCUT2D eigenvalue weighted by atomic mass is 9.97. The molecule has 0 spiro atoms. The lowest BCUT2D eigenvalue weighted by molar-refractivity contribution is 0.438. The second-order valence-electron chi connectivity index (χ2n) is 4.65. The lowest BCUT2D eigenvalue weighted by Crippen LogP contribution is -2.28. The second-order valence-corrected chi connectivity index (χ2v) is 5.06. The summed E-state index contributed by atoms with van der Waals surface area (Å²) >= 11 is 5.82. The van der Waals surface area contributed by atoms with Crippen LogP contribution in [0, 0.1) is 5.82 Å². The van der Waals surface area contributed by atoms with Crippen LogP contribution in [0.4, 0.5) is 4.39 Å². The molecule has 0 saturated carbocycles. The maximum atomic E-state index is 13.2. The number of nitrogens with zero attached hydrogens (tertiary/aromatic N) is 3. The van der Waals surface area contributed by atoms with Crippen LogP contribution in [0.25, 0.3) is 5.69 Å². The van der Waals surface area contributed by atoms with Crippen molar-refractivity contribution in [2.45, 2.75) is 18.8 Å². The highest BCUT2D eigenvalue weighted by molar-refractivity contribution is 6.30. The summed E-state index contributed by atoms with van der Waals surface area (Å²) in [7, 11) is 0. The van der Waals surface area contributed by atoms with E-state index >= 15 is 0 Å². The number of aromatic nitrogens is 3. The molecule has 1 aromatic heterocycles. The van der Waals surface area contributed by atoms with Crippen LogP contribution in [0.2, 0.25) is 5.02 Å². The first-order valence-corrected chi connectivity index (χ1v) is 6.69. The molecule has 0 unspecified atom stereocenters. The molecule has 2 aromatic rings. The molecule has 1 aromatic carbocycles. The van der Waals surface area contributed by atoms with Crippen molar-refractivity contribution in [1.82, 2.24) is 20.1 Å². The predicted molar refractivity (Wildman–Crippen MR) is 71.2 cm³/mol. The van der Waals surface area contributed by atoms with Crippen LogP contribution in [-0.4, -0.2) is 27.9 Å². The largest absolute Gasteiger partial charge is 0.317 e. The normalized spacial score (nSPS) is 16.7. The first-order chi connectivity index (χ1) is 9.25. The highest BCUT2D eigenvalue weighted by Crippen LogP contribution is 2.26. The zero-order chi connectivity index (χ0) is 13.2. The fourth-order valence-electron chi connectivity index (χ4n) is 2.42. The van der Waals surface area contributed by atoms with Gasteiger partial charge in [-0.2, -0.15) is 5.10 Å². The molecule has 1 aliphatic heterocycles. The molecule has 0 radical (unpaired) electrons. The first-order valence-electron chi connectivity index (χ1n) is 6.32. The van der Waals surface area contributed by atoms with E-state index < -0.39 is 5.82 Å². The number of rotatable bonds is 2. The minimum Gasteiger partial charge on any atom is -0.317 e. The molecule has 2 heterocycles. The predicted octanol–water partition coefficient (Wildman–Crippen LogP) is 2.53. The zero-order valence-corrected chi connectivity index (χ0v) is 11.1. The SMILES string of the molecule is Fc1ccc(-n2ncnc2C2CCNCC2)cc1Cl. The summed E-state index contributed by atoms with van der Waals surface area (Å²) in [4.78, 5) is 4.36. The topological polar surface area (TPSA) is 42.7 Å². The highest BCUT2D eigenvalue weighted by Gasteiger charge is 2.21. The first kappa shape index (κ1) is 12.6. The van der Waals surface area contributed by atoms with Crippen LogP contribution in [0.15, 0.2) is 24.5 Å². The summed E-state index contributed by atoms with van der Waals surface area (Å²) in [5, 5.41) is 7.66.